The first-order chi connectivity index (χ1) is 8.60. The van der Waals surface area contributed by atoms with Crippen molar-refractivity contribution in [1.29, 1.82) is 0 Å². The van der Waals surface area contributed by atoms with Crippen LogP contribution in [0.15, 0.2) is 22.7 Å². The summed E-state index contributed by atoms with van der Waals surface area (Å²) in [4.78, 5) is 0. The number of likely N-dealkylation sites (N-methyl/N-ethyl adjacent to an activating group) is 1. The Morgan fingerprint density at radius 3 is 2.72 bits per heavy atom. The molecule has 1 aromatic rings. The number of rotatable bonds is 4. The molecule has 18 heavy (non-hydrogen) atoms. The van der Waals surface area contributed by atoms with E-state index in [1.54, 1.807) is 6.07 Å². The van der Waals surface area contributed by atoms with Crippen molar-refractivity contribution in [3.05, 3.63) is 34.1 Å². The zero-order valence-electron chi connectivity index (χ0n) is 11.0. The second-order valence-electron chi connectivity index (χ2n) is 5.45. The standard InChI is InChI=1S/C15H21BrFN/c1-10-4-3-5-14(10)15(18-2)8-11-6-12(16)9-13(17)7-11/h6-7,9-10,14-15,18H,3-5,8H2,1-2H3. The van der Waals surface area contributed by atoms with Crippen molar-refractivity contribution < 1.29 is 4.39 Å². The van der Waals surface area contributed by atoms with Crippen LogP contribution >= 0.6 is 15.9 Å². The smallest absolute Gasteiger partial charge is 0.124 e. The molecule has 0 saturated heterocycles. The van der Waals surface area contributed by atoms with Gasteiger partial charge in [-0.2, -0.15) is 0 Å². The molecule has 0 aromatic heterocycles. The maximum atomic E-state index is 13.4. The summed E-state index contributed by atoms with van der Waals surface area (Å²) >= 11 is 3.36. The fraction of sp³-hybridized carbons (Fsp3) is 0.600. The highest BCUT2D eigenvalue weighted by Crippen LogP contribution is 2.34. The SMILES string of the molecule is CNC(Cc1cc(F)cc(Br)c1)C1CCCC1C. The van der Waals surface area contributed by atoms with Gasteiger partial charge in [-0.25, -0.2) is 4.39 Å². The molecule has 3 atom stereocenters. The minimum Gasteiger partial charge on any atom is -0.316 e. The second kappa shape index (κ2) is 6.16. The first-order valence-electron chi connectivity index (χ1n) is 6.72. The first kappa shape index (κ1) is 14.0. The van der Waals surface area contributed by atoms with Crippen molar-refractivity contribution >= 4 is 15.9 Å². The lowest BCUT2D eigenvalue weighted by Crippen LogP contribution is -2.36. The Labute approximate surface area is 117 Å². The number of hydrogen-bond acceptors (Lipinski definition) is 1. The van der Waals surface area contributed by atoms with Crippen LogP contribution in [0.25, 0.3) is 0 Å². The fourth-order valence-electron chi connectivity index (χ4n) is 3.22. The molecule has 1 aliphatic carbocycles. The number of hydrogen-bond donors (Lipinski definition) is 1. The van der Waals surface area contributed by atoms with Crippen LogP contribution in [0.1, 0.15) is 31.7 Å². The summed E-state index contributed by atoms with van der Waals surface area (Å²) in [6.07, 6.45) is 4.86. The van der Waals surface area contributed by atoms with Crippen LogP contribution in [0.4, 0.5) is 4.39 Å². The van der Waals surface area contributed by atoms with Crippen LogP contribution in [0, 0.1) is 17.7 Å². The van der Waals surface area contributed by atoms with Crippen LogP contribution < -0.4 is 5.32 Å². The van der Waals surface area contributed by atoms with Gasteiger partial charge in [0.1, 0.15) is 5.82 Å². The van der Waals surface area contributed by atoms with Gasteiger partial charge in [0.25, 0.3) is 0 Å². The van der Waals surface area contributed by atoms with Crippen molar-refractivity contribution in [1.82, 2.24) is 5.32 Å². The molecule has 3 unspecified atom stereocenters. The van der Waals surface area contributed by atoms with E-state index in [1.807, 2.05) is 13.1 Å². The molecule has 0 radical (unpaired) electrons. The Kier molecular flexibility index (Phi) is 4.79. The molecule has 0 aliphatic heterocycles. The monoisotopic (exact) mass is 313 g/mol. The quantitative estimate of drug-likeness (QED) is 0.880. The third-order valence-corrected chi connectivity index (χ3v) is 4.65. The van der Waals surface area contributed by atoms with Gasteiger partial charge in [0.05, 0.1) is 0 Å². The molecular weight excluding hydrogens is 293 g/mol. The molecule has 0 heterocycles. The highest BCUT2D eigenvalue weighted by Gasteiger charge is 2.30. The fourth-order valence-corrected chi connectivity index (χ4v) is 3.73. The maximum absolute atomic E-state index is 13.4. The number of nitrogens with one attached hydrogen (secondary N) is 1. The van der Waals surface area contributed by atoms with Gasteiger partial charge in [0.15, 0.2) is 0 Å². The third-order valence-electron chi connectivity index (χ3n) is 4.19. The average molecular weight is 314 g/mol. The predicted molar refractivity (Wildman–Crippen MR) is 77.2 cm³/mol. The predicted octanol–water partition coefficient (Wildman–Crippen LogP) is 4.15. The van der Waals surface area contributed by atoms with Gasteiger partial charge in [-0.05, 0) is 55.5 Å². The van der Waals surface area contributed by atoms with Gasteiger partial charge in [-0.3, -0.25) is 0 Å². The summed E-state index contributed by atoms with van der Waals surface area (Å²) in [6.45, 7) is 2.34. The summed E-state index contributed by atoms with van der Waals surface area (Å²) < 4.78 is 14.2. The Morgan fingerprint density at radius 2 is 2.17 bits per heavy atom. The molecule has 1 aliphatic rings. The van der Waals surface area contributed by atoms with Crippen LogP contribution in [-0.4, -0.2) is 13.1 Å². The second-order valence-corrected chi connectivity index (χ2v) is 6.36. The topological polar surface area (TPSA) is 12.0 Å². The van der Waals surface area contributed by atoms with E-state index >= 15 is 0 Å². The van der Waals surface area contributed by atoms with E-state index in [1.165, 1.54) is 25.3 Å². The first-order valence-corrected chi connectivity index (χ1v) is 7.51. The highest BCUT2D eigenvalue weighted by atomic mass is 79.9. The third kappa shape index (κ3) is 3.33. The van der Waals surface area contributed by atoms with E-state index in [-0.39, 0.29) is 5.82 Å². The largest absolute Gasteiger partial charge is 0.316 e. The number of benzene rings is 1. The van der Waals surface area contributed by atoms with E-state index in [4.69, 9.17) is 0 Å². The maximum Gasteiger partial charge on any atom is 0.124 e. The average Bonchev–Trinajstić information content (AvgIpc) is 2.71. The minimum atomic E-state index is -0.159. The van der Waals surface area contributed by atoms with E-state index in [9.17, 15) is 4.39 Å². The Hall–Kier alpha value is -0.410. The van der Waals surface area contributed by atoms with Gasteiger partial charge in [0.2, 0.25) is 0 Å². The van der Waals surface area contributed by atoms with Gasteiger partial charge in [-0.1, -0.05) is 35.7 Å². The van der Waals surface area contributed by atoms with Crippen LogP contribution in [0.3, 0.4) is 0 Å². The summed E-state index contributed by atoms with van der Waals surface area (Å²) in [6, 6.07) is 5.63. The van der Waals surface area contributed by atoms with Crippen molar-refractivity contribution in [3.63, 3.8) is 0 Å². The molecule has 1 N–H and O–H groups in total. The molecule has 1 saturated carbocycles. The lowest BCUT2D eigenvalue weighted by Gasteiger charge is -2.27. The van der Waals surface area contributed by atoms with Crippen molar-refractivity contribution in [2.45, 2.75) is 38.6 Å². The van der Waals surface area contributed by atoms with Gasteiger partial charge in [-0.15, -0.1) is 0 Å². The molecule has 2 rings (SSSR count). The Morgan fingerprint density at radius 1 is 1.39 bits per heavy atom. The molecule has 1 fully saturated rings. The summed E-state index contributed by atoms with van der Waals surface area (Å²) in [7, 11) is 2.02. The van der Waals surface area contributed by atoms with E-state index < -0.39 is 0 Å². The lowest BCUT2D eigenvalue weighted by molar-refractivity contribution is 0.308. The van der Waals surface area contributed by atoms with Crippen molar-refractivity contribution in [3.8, 4) is 0 Å². The van der Waals surface area contributed by atoms with Gasteiger partial charge >= 0.3 is 0 Å². The van der Waals surface area contributed by atoms with Gasteiger partial charge < -0.3 is 5.32 Å². The minimum absolute atomic E-state index is 0.159. The number of halogens is 2. The zero-order chi connectivity index (χ0) is 13.1. The normalized spacial score (nSPS) is 25.3. The molecule has 0 amide bonds. The van der Waals surface area contributed by atoms with Crippen molar-refractivity contribution in [2.75, 3.05) is 7.05 Å². The van der Waals surface area contributed by atoms with Crippen LogP contribution in [0.5, 0.6) is 0 Å². The summed E-state index contributed by atoms with van der Waals surface area (Å²) in [5.74, 6) is 1.34. The molecule has 3 heteroatoms. The Bertz CT molecular complexity index is 387. The summed E-state index contributed by atoms with van der Waals surface area (Å²) in [5, 5.41) is 3.42. The molecule has 1 aromatic carbocycles. The molecule has 0 spiro atoms. The highest BCUT2D eigenvalue weighted by molar-refractivity contribution is 9.10. The Balaban J connectivity index is 2.09. The molecule has 100 valence electrons. The lowest BCUT2D eigenvalue weighted by atomic mass is 9.86. The van der Waals surface area contributed by atoms with Crippen LogP contribution in [0.2, 0.25) is 0 Å². The van der Waals surface area contributed by atoms with Gasteiger partial charge in [0, 0.05) is 10.5 Å². The van der Waals surface area contributed by atoms with E-state index in [0.717, 1.165) is 28.3 Å². The zero-order valence-corrected chi connectivity index (χ0v) is 12.6. The van der Waals surface area contributed by atoms with E-state index in [0.29, 0.717) is 6.04 Å². The van der Waals surface area contributed by atoms with Crippen molar-refractivity contribution in [2.24, 2.45) is 11.8 Å². The van der Waals surface area contributed by atoms with Crippen LogP contribution in [-0.2, 0) is 6.42 Å². The molecule has 1 nitrogen and oxygen atoms in total. The van der Waals surface area contributed by atoms with E-state index in [2.05, 4.69) is 28.2 Å². The molecule has 0 bridgehead atoms. The molecular formula is C15H21BrFN. The summed E-state index contributed by atoms with van der Waals surface area (Å²) in [5.41, 5.74) is 1.07.